The van der Waals surface area contributed by atoms with Gasteiger partial charge < -0.3 is 5.11 Å². The van der Waals surface area contributed by atoms with Crippen LogP contribution in [0.4, 0.5) is 0 Å². The molecule has 0 spiro atoms. The number of halogens is 1. The number of hydrogen-bond donors (Lipinski definition) is 1. The number of para-hydroxylation sites is 2. The van der Waals surface area contributed by atoms with Crippen molar-refractivity contribution < 1.29 is 5.11 Å². The maximum absolute atomic E-state index is 10.2. The molecule has 18 heavy (non-hydrogen) atoms. The van der Waals surface area contributed by atoms with Crippen molar-refractivity contribution in [3.8, 4) is 0 Å². The lowest BCUT2D eigenvalue weighted by Crippen LogP contribution is -2.01. The molecule has 0 aliphatic heterocycles. The zero-order chi connectivity index (χ0) is 12.5. The van der Waals surface area contributed by atoms with Crippen LogP contribution in [0.5, 0.6) is 0 Å². The van der Waals surface area contributed by atoms with Gasteiger partial charge in [-0.25, -0.2) is 4.98 Å². The van der Waals surface area contributed by atoms with Gasteiger partial charge in [-0.3, -0.25) is 4.98 Å². The number of aliphatic hydroxyl groups excluding tert-OH is 1. The number of aromatic nitrogens is 2. The van der Waals surface area contributed by atoms with Crippen LogP contribution in [0.15, 0.2) is 42.6 Å². The van der Waals surface area contributed by atoms with Gasteiger partial charge in [-0.1, -0.05) is 23.7 Å². The summed E-state index contributed by atoms with van der Waals surface area (Å²) in [6.45, 7) is 0. The molecule has 1 unspecified atom stereocenters. The molecule has 0 bridgehead atoms. The van der Waals surface area contributed by atoms with Gasteiger partial charge in [-0.2, -0.15) is 0 Å². The Morgan fingerprint density at radius 1 is 1.11 bits per heavy atom. The Labute approximate surface area is 113 Å². The van der Waals surface area contributed by atoms with Crippen molar-refractivity contribution in [1.82, 2.24) is 9.97 Å². The van der Waals surface area contributed by atoms with Gasteiger partial charge in [0.1, 0.15) is 6.10 Å². The second-order valence-electron chi connectivity index (χ2n) is 3.83. The third-order valence-corrected chi connectivity index (χ3v) is 3.89. The molecule has 0 amide bonds. The molecule has 1 N–H and O–H groups in total. The minimum absolute atomic E-state index is 0.534. The highest BCUT2D eigenvalue weighted by molar-refractivity contribution is 7.16. The minimum atomic E-state index is -0.778. The van der Waals surface area contributed by atoms with E-state index in [0.717, 1.165) is 15.9 Å². The quantitative estimate of drug-likeness (QED) is 0.780. The van der Waals surface area contributed by atoms with E-state index in [2.05, 4.69) is 9.97 Å². The molecule has 1 atom stereocenters. The molecule has 3 aromatic rings. The van der Waals surface area contributed by atoms with Crippen molar-refractivity contribution in [2.24, 2.45) is 0 Å². The molecule has 0 saturated carbocycles. The number of thiophene rings is 1. The Morgan fingerprint density at radius 3 is 2.61 bits per heavy atom. The lowest BCUT2D eigenvalue weighted by molar-refractivity contribution is 0.219. The van der Waals surface area contributed by atoms with Gasteiger partial charge in [-0.05, 0) is 24.3 Å². The molecule has 2 heterocycles. The standard InChI is InChI=1S/C13H9ClN2OS/c14-12-6-5-11(18-12)13(17)10-7-15-8-3-1-2-4-9(8)16-10/h1-7,13,17H. The largest absolute Gasteiger partial charge is 0.381 e. The average Bonchev–Trinajstić information content (AvgIpc) is 2.84. The van der Waals surface area contributed by atoms with Crippen LogP contribution in [0, 0.1) is 0 Å². The van der Waals surface area contributed by atoms with Crippen LogP contribution in [0.3, 0.4) is 0 Å². The van der Waals surface area contributed by atoms with Crippen LogP contribution in [0.25, 0.3) is 11.0 Å². The molecule has 2 aromatic heterocycles. The van der Waals surface area contributed by atoms with Crippen molar-refractivity contribution in [3.63, 3.8) is 0 Å². The van der Waals surface area contributed by atoms with Gasteiger partial charge in [-0.15, -0.1) is 11.3 Å². The van der Waals surface area contributed by atoms with Crippen LogP contribution in [0.1, 0.15) is 16.7 Å². The number of aliphatic hydroxyl groups is 1. The maximum Gasteiger partial charge on any atom is 0.132 e. The first kappa shape index (κ1) is 11.6. The van der Waals surface area contributed by atoms with Crippen LogP contribution >= 0.6 is 22.9 Å². The predicted octanol–water partition coefficient (Wildman–Crippen LogP) is 3.43. The van der Waals surface area contributed by atoms with E-state index in [1.807, 2.05) is 24.3 Å². The van der Waals surface area contributed by atoms with E-state index in [4.69, 9.17) is 11.6 Å². The smallest absolute Gasteiger partial charge is 0.132 e. The Balaban J connectivity index is 2.03. The highest BCUT2D eigenvalue weighted by atomic mass is 35.5. The molecular weight excluding hydrogens is 268 g/mol. The Morgan fingerprint density at radius 2 is 1.89 bits per heavy atom. The summed E-state index contributed by atoms with van der Waals surface area (Å²) in [4.78, 5) is 9.46. The van der Waals surface area contributed by atoms with Crippen molar-refractivity contribution in [2.75, 3.05) is 0 Å². The summed E-state index contributed by atoms with van der Waals surface area (Å²) < 4.78 is 0.651. The number of benzene rings is 1. The molecule has 5 heteroatoms. The summed E-state index contributed by atoms with van der Waals surface area (Å²) in [7, 11) is 0. The molecule has 1 aromatic carbocycles. The lowest BCUT2D eigenvalue weighted by Gasteiger charge is -2.08. The topological polar surface area (TPSA) is 46.0 Å². The number of rotatable bonds is 2. The van der Waals surface area contributed by atoms with E-state index >= 15 is 0 Å². The maximum atomic E-state index is 10.2. The van der Waals surface area contributed by atoms with Gasteiger partial charge in [0.05, 0.1) is 27.3 Å². The summed E-state index contributed by atoms with van der Waals surface area (Å²) in [5, 5.41) is 10.2. The van der Waals surface area contributed by atoms with E-state index in [1.54, 1.807) is 18.3 Å². The molecule has 0 aliphatic rings. The summed E-state index contributed by atoms with van der Waals surface area (Å²) in [5.41, 5.74) is 2.13. The van der Waals surface area contributed by atoms with Crippen molar-refractivity contribution in [3.05, 3.63) is 57.5 Å². The first-order valence-corrected chi connectivity index (χ1v) is 6.58. The summed E-state index contributed by atoms with van der Waals surface area (Å²) in [5.74, 6) is 0. The second kappa shape index (κ2) is 4.65. The monoisotopic (exact) mass is 276 g/mol. The summed E-state index contributed by atoms with van der Waals surface area (Å²) >= 11 is 7.20. The first-order chi connectivity index (χ1) is 8.74. The Hall–Kier alpha value is -1.49. The molecule has 90 valence electrons. The number of fused-ring (bicyclic) bond motifs is 1. The average molecular weight is 277 g/mol. The molecule has 0 aliphatic carbocycles. The normalized spacial score (nSPS) is 12.8. The SMILES string of the molecule is OC(c1cnc2ccccc2n1)c1ccc(Cl)s1. The Bertz CT molecular complexity index is 698. The van der Waals surface area contributed by atoms with Crippen molar-refractivity contribution in [2.45, 2.75) is 6.10 Å². The van der Waals surface area contributed by atoms with Crippen molar-refractivity contribution in [1.29, 1.82) is 0 Å². The van der Waals surface area contributed by atoms with Gasteiger partial charge >= 0.3 is 0 Å². The van der Waals surface area contributed by atoms with E-state index in [9.17, 15) is 5.11 Å². The van der Waals surface area contributed by atoms with E-state index in [-0.39, 0.29) is 0 Å². The zero-order valence-corrected chi connectivity index (χ0v) is 10.8. The van der Waals surface area contributed by atoms with Gasteiger partial charge in [0.25, 0.3) is 0 Å². The predicted molar refractivity (Wildman–Crippen MR) is 72.9 cm³/mol. The van der Waals surface area contributed by atoms with Gasteiger partial charge in [0.2, 0.25) is 0 Å². The Kier molecular flexibility index (Phi) is 2.99. The molecule has 0 fully saturated rings. The number of hydrogen-bond acceptors (Lipinski definition) is 4. The molecule has 3 rings (SSSR count). The molecular formula is C13H9ClN2OS. The zero-order valence-electron chi connectivity index (χ0n) is 9.25. The fourth-order valence-corrected chi connectivity index (χ4v) is 2.78. The molecule has 0 radical (unpaired) electrons. The minimum Gasteiger partial charge on any atom is -0.381 e. The molecule has 3 nitrogen and oxygen atoms in total. The second-order valence-corrected chi connectivity index (χ2v) is 5.57. The molecule has 0 saturated heterocycles. The number of nitrogens with zero attached hydrogens (tertiary/aromatic N) is 2. The first-order valence-electron chi connectivity index (χ1n) is 5.39. The van der Waals surface area contributed by atoms with Crippen LogP contribution < -0.4 is 0 Å². The summed E-state index contributed by atoms with van der Waals surface area (Å²) in [6.07, 6.45) is 0.820. The van der Waals surface area contributed by atoms with E-state index in [1.165, 1.54) is 11.3 Å². The van der Waals surface area contributed by atoms with E-state index in [0.29, 0.717) is 10.0 Å². The summed E-state index contributed by atoms with van der Waals surface area (Å²) in [6, 6.07) is 11.1. The van der Waals surface area contributed by atoms with Crippen LogP contribution in [-0.2, 0) is 0 Å². The fourth-order valence-electron chi connectivity index (χ4n) is 1.72. The lowest BCUT2D eigenvalue weighted by atomic mass is 10.2. The fraction of sp³-hybridized carbons (Fsp3) is 0.0769. The van der Waals surface area contributed by atoms with E-state index < -0.39 is 6.10 Å². The third kappa shape index (κ3) is 2.10. The van der Waals surface area contributed by atoms with Gasteiger partial charge in [0, 0.05) is 4.88 Å². The van der Waals surface area contributed by atoms with Crippen LogP contribution in [0.2, 0.25) is 4.34 Å². The van der Waals surface area contributed by atoms with Crippen molar-refractivity contribution >= 4 is 34.0 Å². The van der Waals surface area contributed by atoms with Crippen LogP contribution in [-0.4, -0.2) is 15.1 Å². The third-order valence-electron chi connectivity index (χ3n) is 2.61. The van der Waals surface area contributed by atoms with Gasteiger partial charge in [0.15, 0.2) is 0 Å². The highest BCUT2D eigenvalue weighted by Gasteiger charge is 2.15. The highest BCUT2D eigenvalue weighted by Crippen LogP contribution is 2.30.